The van der Waals surface area contributed by atoms with Crippen molar-refractivity contribution in [1.82, 2.24) is 4.98 Å². The molecule has 2 rings (SSSR count). The Hall–Kier alpha value is -2.96. The summed E-state index contributed by atoms with van der Waals surface area (Å²) < 4.78 is 13.5. The van der Waals surface area contributed by atoms with Crippen molar-refractivity contribution >= 4 is 17.5 Å². The molecule has 0 saturated carbocycles. The number of benzene rings is 1. The van der Waals surface area contributed by atoms with E-state index in [9.17, 15) is 18.8 Å². The van der Waals surface area contributed by atoms with Crippen molar-refractivity contribution < 1.29 is 14.0 Å². The van der Waals surface area contributed by atoms with E-state index in [1.807, 2.05) is 0 Å². The summed E-state index contributed by atoms with van der Waals surface area (Å²) >= 11 is 0. The molecule has 2 aromatic rings. The largest absolute Gasteiger partial charge is 0.366 e. The smallest absolute Gasteiger partial charge is 0.257 e. The number of halogens is 1. The predicted molar refractivity (Wildman–Crippen MR) is 69.9 cm³/mol. The summed E-state index contributed by atoms with van der Waals surface area (Å²) in [5.41, 5.74) is 4.77. The zero-order chi connectivity index (χ0) is 14.7. The van der Waals surface area contributed by atoms with Crippen molar-refractivity contribution in [2.24, 2.45) is 5.73 Å². The van der Waals surface area contributed by atoms with Gasteiger partial charge in [0.1, 0.15) is 5.82 Å². The van der Waals surface area contributed by atoms with Crippen molar-refractivity contribution in [2.75, 3.05) is 5.32 Å². The van der Waals surface area contributed by atoms with Crippen molar-refractivity contribution in [3.8, 4) is 0 Å². The molecule has 0 radical (unpaired) electrons. The molecule has 6 nitrogen and oxygen atoms in total. The van der Waals surface area contributed by atoms with Crippen LogP contribution in [0, 0.1) is 5.82 Å². The number of rotatable bonds is 3. The fourth-order valence-electron chi connectivity index (χ4n) is 1.52. The van der Waals surface area contributed by atoms with Crippen LogP contribution in [0.4, 0.5) is 10.1 Å². The fourth-order valence-corrected chi connectivity index (χ4v) is 1.52. The number of carbonyl (C=O) groups is 2. The van der Waals surface area contributed by atoms with Gasteiger partial charge in [-0.2, -0.15) is 0 Å². The van der Waals surface area contributed by atoms with Crippen LogP contribution < -0.4 is 16.6 Å². The number of aromatic amines is 1. The van der Waals surface area contributed by atoms with E-state index in [1.165, 1.54) is 24.4 Å². The molecule has 1 aromatic heterocycles. The van der Waals surface area contributed by atoms with E-state index >= 15 is 0 Å². The van der Waals surface area contributed by atoms with E-state index in [0.29, 0.717) is 0 Å². The molecule has 0 bridgehead atoms. The first kappa shape index (κ1) is 13.5. The van der Waals surface area contributed by atoms with Crippen LogP contribution in [-0.2, 0) is 0 Å². The van der Waals surface area contributed by atoms with Crippen LogP contribution in [-0.4, -0.2) is 16.8 Å². The number of hydrogen-bond acceptors (Lipinski definition) is 3. The SMILES string of the molecule is NC(=O)c1ccc(F)c(NC(=O)c2ccc(=O)[nH]c2)c1. The monoisotopic (exact) mass is 275 g/mol. The summed E-state index contributed by atoms with van der Waals surface area (Å²) in [6.07, 6.45) is 1.20. The van der Waals surface area contributed by atoms with E-state index in [2.05, 4.69) is 10.3 Å². The van der Waals surface area contributed by atoms with Crippen LogP contribution in [0.3, 0.4) is 0 Å². The molecule has 20 heavy (non-hydrogen) atoms. The Morgan fingerprint density at radius 2 is 1.85 bits per heavy atom. The number of pyridine rings is 1. The van der Waals surface area contributed by atoms with E-state index < -0.39 is 17.6 Å². The molecule has 2 amide bonds. The lowest BCUT2D eigenvalue weighted by atomic mass is 10.1. The minimum atomic E-state index is -0.732. The summed E-state index contributed by atoms with van der Waals surface area (Å²) in [7, 11) is 0. The third kappa shape index (κ3) is 2.89. The average molecular weight is 275 g/mol. The summed E-state index contributed by atoms with van der Waals surface area (Å²) in [4.78, 5) is 36.1. The summed E-state index contributed by atoms with van der Waals surface area (Å²) in [6, 6.07) is 5.85. The zero-order valence-corrected chi connectivity index (χ0v) is 10.1. The molecule has 0 aliphatic carbocycles. The lowest BCUT2D eigenvalue weighted by Gasteiger charge is -2.07. The third-order valence-electron chi connectivity index (χ3n) is 2.55. The van der Waals surface area contributed by atoms with Crippen LogP contribution in [0.1, 0.15) is 20.7 Å². The van der Waals surface area contributed by atoms with E-state index in [1.54, 1.807) is 0 Å². The highest BCUT2D eigenvalue weighted by atomic mass is 19.1. The highest BCUT2D eigenvalue weighted by Gasteiger charge is 2.11. The zero-order valence-electron chi connectivity index (χ0n) is 10.1. The molecular formula is C13H10FN3O3. The molecule has 0 saturated heterocycles. The molecular weight excluding hydrogens is 265 g/mol. The number of H-pyrrole nitrogens is 1. The number of aromatic nitrogens is 1. The quantitative estimate of drug-likeness (QED) is 0.773. The first-order chi connectivity index (χ1) is 9.47. The van der Waals surface area contributed by atoms with Gasteiger partial charge in [-0.25, -0.2) is 4.39 Å². The molecule has 0 fully saturated rings. The van der Waals surface area contributed by atoms with Gasteiger partial charge in [-0.05, 0) is 24.3 Å². The second kappa shape index (κ2) is 5.35. The summed E-state index contributed by atoms with van der Waals surface area (Å²) in [5, 5.41) is 2.30. The average Bonchev–Trinajstić information content (AvgIpc) is 2.41. The highest BCUT2D eigenvalue weighted by Crippen LogP contribution is 2.16. The molecule has 0 aliphatic rings. The lowest BCUT2D eigenvalue weighted by Crippen LogP contribution is -2.17. The summed E-state index contributed by atoms with van der Waals surface area (Å²) in [6.45, 7) is 0. The van der Waals surface area contributed by atoms with Crippen molar-refractivity contribution in [1.29, 1.82) is 0 Å². The predicted octanol–water partition coefficient (Wildman–Crippen LogP) is 0.865. The van der Waals surface area contributed by atoms with Crippen LogP contribution >= 0.6 is 0 Å². The minimum absolute atomic E-state index is 0.0724. The van der Waals surface area contributed by atoms with Gasteiger partial charge >= 0.3 is 0 Å². The van der Waals surface area contributed by atoms with E-state index in [-0.39, 0.29) is 22.4 Å². The minimum Gasteiger partial charge on any atom is -0.366 e. The standard InChI is InChI=1S/C13H10FN3O3/c14-9-3-1-7(12(15)19)5-10(9)17-13(20)8-2-4-11(18)16-6-8/h1-6H,(H2,15,19)(H,16,18)(H,17,20). The Kier molecular flexibility index (Phi) is 3.60. The maximum atomic E-state index is 13.5. The molecule has 1 aromatic carbocycles. The van der Waals surface area contributed by atoms with Gasteiger partial charge in [0.05, 0.1) is 11.3 Å². The number of hydrogen-bond donors (Lipinski definition) is 3. The first-order valence-electron chi connectivity index (χ1n) is 5.57. The number of nitrogens with one attached hydrogen (secondary N) is 2. The van der Waals surface area contributed by atoms with Gasteiger partial charge in [0.25, 0.3) is 5.91 Å². The van der Waals surface area contributed by atoms with Gasteiger partial charge < -0.3 is 16.0 Å². The maximum absolute atomic E-state index is 13.5. The number of anilines is 1. The number of carbonyl (C=O) groups excluding carboxylic acids is 2. The van der Waals surface area contributed by atoms with Crippen molar-refractivity contribution in [3.63, 3.8) is 0 Å². The van der Waals surface area contributed by atoms with E-state index in [0.717, 1.165) is 12.1 Å². The van der Waals surface area contributed by atoms with Crippen LogP contribution in [0.15, 0.2) is 41.3 Å². The third-order valence-corrected chi connectivity index (χ3v) is 2.55. The first-order valence-corrected chi connectivity index (χ1v) is 5.57. The molecule has 0 spiro atoms. The lowest BCUT2D eigenvalue weighted by molar-refractivity contribution is 0.0996. The Morgan fingerprint density at radius 3 is 2.45 bits per heavy atom. The molecule has 1 heterocycles. The van der Waals surface area contributed by atoms with Gasteiger partial charge in [0.15, 0.2) is 0 Å². The molecule has 7 heteroatoms. The van der Waals surface area contributed by atoms with Gasteiger partial charge in [-0.1, -0.05) is 0 Å². The molecule has 102 valence electrons. The van der Waals surface area contributed by atoms with Gasteiger partial charge in [0, 0.05) is 17.8 Å². The maximum Gasteiger partial charge on any atom is 0.257 e. The molecule has 0 atom stereocenters. The Labute approximate surface area is 112 Å². The van der Waals surface area contributed by atoms with Crippen LogP contribution in [0.2, 0.25) is 0 Å². The number of amides is 2. The topological polar surface area (TPSA) is 105 Å². The Balaban J connectivity index is 2.27. The van der Waals surface area contributed by atoms with Gasteiger partial charge in [0.2, 0.25) is 11.5 Å². The second-order valence-electron chi connectivity index (χ2n) is 3.95. The highest BCUT2D eigenvalue weighted by molar-refractivity contribution is 6.04. The van der Waals surface area contributed by atoms with Gasteiger partial charge in [-0.15, -0.1) is 0 Å². The van der Waals surface area contributed by atoms with Crippen molar-refractivity contribution in [3.05, 3.63) is 63.8 Å². The Morgan fingerprint density at radius 1 is 1.15 bits per heavy atom. The van der Waals surface area contributed by atoms with Crippen molar-refractivity contribution in [2.45, 2.75) is 0 Å². The van der Waals surface area contributed by atoms with Crippen LogP contribution in [0.5, 0.6) is 0 Å². The second-order valence-corrected chi connectivity index (χ2v) is 3.95. The van der Waals surface area contributed by atoms with E-state index in [4.69, 9.17) is 5.73 Å². The normalized spacial score (nSPS) is 10.1. The summed E-state index contributed by atoms with van der Waals surface area (Å²) in [5.74, 6) is -2.06. The fraction of sp³-hybridized carbons (Fsp3) is 0. The number of primary amides is 1. The number of nitrogens with two attached hydrogens (primary N) is 1. The Bertz CT molecular complexity index is 719. The molecule has 4 N–H and O–H groups in total. The molecule has 0 aliphatic heterocycles. The van der Waals surface area contributed by atoms with Crippen LogP contribution in [0.25, 0.3) is 0 Å². The van der Waals surface area contributed by atoms with Gasteiger partial charge in [-0.3, -0.25) is 14.4 Å². The molecule has 0 unspecified atom stereocenters.